The molecule has 1 aliphatic heterocycles. The number of methoxy groups -OCH3 is 1. The smallest absolute Gasteiger partial charge is 0.435 e. The number of hydrogen-bond acceptors (Lipinski definition) is 5. The molecular weight excluding hydrogens is 417 g/mol. The van der Waals surface area contributed by atoms with Gasteiger partial charge in [-0.05, 0) is 23.8 Å². The number of halogens is 3. The third-order valence-electron chi connectivity index (χ3n) is 5.22. The number of hydrogen-bond donors (Lipinski definition) is 0. The number of benzene rings is 1. The lowest BCUT2D eigenvalue weighted by Gasteiger charge is -2.34. The van der Waals surface area contributed by atoms with Crippen LogP contribution < -0.4 is 4.74 Å². The minimum absolute atomic E-state index is 0.0171. The van der Waals surface area contributed by atoms with E-state index < -0.39 is 11.9 Å². The second kappa shape index (κ2) is 7.92. The maximum absolute atomic E-state index is 13.2. The van der Waals surface area contributed by atoms with E-state index in [-0.39, 0.29) is 11.3 Å². The van der Waals surface area contributed by atoms with Crippen LogP contribution in [0.5, 0.6) is 5.75 Å². The molecule has 1 amide bonds. The first-order valence-corrected chi connectivity index (χ1v) is 10.3. The van der Waals surface area contributed by atoms with Gasteiger partial charge in [0.15, 0.2) is 5.69 Å². The van der Waals surface area contributed by atoms with Crippen molar-refractivity contribution in [2.24, 2.45) is 7.05 Å². The van der Waals surface area contributed by atoms with Crippen LogP contribution in [-0.4, -0.2) is 58.8 Å². The standard InChI is InChI=1S/C20H21F3N4O2S/c1-25-19-15(17(24-25)20(21,22)23)11-16(30-19)18(28)27-9-7-26(8-10-27)12-13-3-5-14(29-2)6-4-13/h3-6,11H,7-10,12H2,1-2H3. The van der Waals surface area contributed by atoms with Crippen molar-refractivity contribution in [2.75, 3.05) is 33.3 Å². The minimum Gasteiger partial charge on any atom is -0.497 e. The molecule has 0 radical (unpaired) electrons. The molecule has 0 unspecified atom stereocenters. The molecule has 0 atom stereocenters. The third kappa shape index (κ3) is 4.01. The van der Waals surface area contributed by atoms with Gasteiger partial charge in [-0.15, -0.1) is 11.3 Å². The topological polar surface area (TPSA) is 50.6 Å². The highest BCUT2D eigenvalue weighted by Crippen LogP contribution is 2.37. The van der Waals surface area contributed by atoms with Crippen LogP contribution in [0.2, 0.25) is 0 Å². The summed E-state index contributed by atoms with van der Waals surface area (Å²) in [5.74, 6) is 0.579. The summed E-state index contributed by atoms with van der Waals surface area (Å²) in [4.78, 5) is 17.5. The molecule has 4 rings (SSSR count). The molecule has 1 aromatic carbocycles. The Hall–Kier alpha value is -2.59. The molecule has 1 aliphatic rings. The zero-order valence-electron chi connectivity index (χ0n) is 16.6. The van der Waals surface area contributed by atoms with Crippen molar-refractivity contribution in [1.29, 1.82) is 0 Å². The molecule has 2 aromatic heterocycles. The van der Waals surface area contributed by atoms with Crippen LogP contribution in [0.4, 0.5) is 13.2 Å². The van der Waals surface area contributed by atoms with Crippen LogP contribution in [0, 0.1) is 0 Å². The van der Waals surface area contributed by atoms with Gasteiger partial charge in [0.2, 0.25) is 0 Å². The Kier molecular flexibility index (Phi) is 5.46. The van der Waals surface area contributed by atoms with Gasteiger partial charge in [0.1, 0.15) is 10.6 Å². The predicted octanol–water partition coefficient (Wildman–Crippen LogP) is 3.62. The highest BCUT2D eigenvalue weighted by atomic mass is 32.1. The highest BCUT2D eigenvalue weighted by Gasteiger charge is 2.38. The maximum atomic E-state index is 13.2. The molecule has 0 aliphatic carbocycles. The van der Waals surface area contributed by atoms with Crippen molar-refractivity contribution in [3.8, 4) is 5.75 Å². The Morgan fingerprint density at radius 3 is 2.43 bits per heavy atom. The van der Waals surface area contributed by atoms with Crippen LogP contribution >= 0.6 is 11.3 Å². The Morgan fingerprint density at radius 1 is 1.17 bits per heavy atom. The van der Waals surface area contributed by atoms with Crippen LogP contribution in [0.25, 0.3) is 10.2 Å². The van der Waals surface area contributed by atoms with Crippen molar-refractivity contribution in [3.63, 3.8) is 0 Å². The van der Waals surface area contributed by atoms with Gasteiger partial charge >= 0.3 is 6.18 Å². The summed E-state index contributed by atoms with van der Waals surface area (Å²) < 4.78 is 45.9. The van der Waals surface area contributed by atoms with Crippen molar-refractivity contribution in [2.45, 2.75) is 12.7 Å². The molecule has 10 heteroatoms. The van der Waals surface area contributed by atoms with Crippen LogP contribution in [0.3, 0.4) is 0 Å². The first-order chi connectivity index (χ1) is 14.3. The predicted molar refractivity (Wildman–Crippen MR) is 108 cm³/mol. The number of thiophene rings is 1. The number of carbonyl (C=O) groups is 1. The Balaban J connectivity index is 1.41. The zero-order chi connectivity index (χ0) is 21.5. The zero-order valence-corrected chi connectivity index (χ0v) is 17.4. The molecule has 1 fully saturated rings. The highest BCUT2D eigenvalue weighted by molar-refractivity contribution is 7.20. The number of piperazine rings is 1. The lowest BCUT2D eigenvalue weighted by atomic mass is 10.2. The fourth-order valence-corrected chi connectivity index (χ4v) is 4.65. The van der Waals surface area contributed by atoms with Crippen LogP contribution in [-0.2, 0) is 19.8 Å². The van der Waals surface area contributed by atoms with Crippen LogP contribution in [0.15, 0.2) is 30.3 Å². The fraction of sp³-hybridized carbons (Fsp3) is 0.400. The largest absolute Gasteiger partial charge is 0.497 e. The minimum atomic E-state index is -4.55. The van der Waals surface area contributed by atoms with Gasteiger partial charge in [-0.25, -0.2) is 0 Å². The summed E-state index contributed by atoms with van der Waals surface area (Å²) in [6, 6.07) is 9.18. The molecule has 1 saturated heterocycles. The molecule has 30 heavy (non-hydrogen) atoms. The average molecular weight is 438 g/mol. The Labute approximate surface area is 175 Å². The summed E-state index contributed by atoms with van der Waals surface area (Å²) in [5, 5.41) is 3.54. The summed E-state index contributed by atoms with van der Waals surface area (Å²) >= 11 is 1.05. The van der Waals surface area contributed by atoms with Gasteiger partial charge in [-0.3, -0.25) is 14.4 Å². The van der Waals surface area contributed by atoms with E-state index >= 15 is 0 Å². The summed E-state index contributed by atoms with van der Waals surface area (Å²) in [5.41, 5.74) is 0.215. The van der Waals surface area contributed by atoms with E-state index in [1.807, 2.05) is 24.3 Å². The normalized spacial score (nSPS) is 15.7. The van der Waals surface area contributed by atoms with E-state index in [1.165, 1.54) is 17.8 Å². The van der Waals surface area contributed by atoms with Gasteiger partial charge in [0.05, 0.1) is 12.0 Å². The van der Waals surface area contributed by atoms with Crippen molar-refractivity contribution in [3.05, 3.63) is 46.5 Å². The molecule has 6 nitrogen and oxygen atoms in total. The second-order valence-electron chi connectivity index (χ2n) is 7.22. The van der Waals surface area contributed by atoms with E-state index in [2.05, 4.69) is 10.00 Å². The number of carbonyl (C=O) groups excluding carboxylic acids is 1. The summed E-state index contributed by atoms with van der Waals surface area (Å²) in [6.07, 6.45) is -4.55. The van der Waals surface area contributed by atoms with Gasteiger partial charge in [-0.2, -0.15) is 18.3 Å². The van der Waals surface area contributed by atoms with Gasteiger partial charge in [0.25, 0.3) is 5.91 Å². The van der Waals surface area contributed by atoms with Gasteiger partial charge < -0.3 is 9.64 Å². The number of fused-ring (bicyclic) bond motifs is 1. The number of alkyl halides is 3. The van der Waals surface area contributed by atoms with E-state index in [4.69, 9.17) is 4.74 Å². The average Bonchev–Trinajstić information content (AvgIpc) is 3.29. The third-order valence-corrected chi connectivity index (χ3v) is 6.41. The van der Waals surface area contributed by atoms with Crippen molar-refractivity contribution < 1.29 is 22.7 Å². The first kappa shape index (κ1) is 20.7. The van der Waals surface area contributed by atoms with E-state index in [1.54, 1.807) is 12.0 Å². The molecule has 0 saturated carbocycles. The number of aryl methyl sites for hydroxylation is 1. The SMILES string of the molecule is COc1ccc(CN2CCN(C(=O)c3cc4c(C(F)(F)F)nn(C)c4s3)CC2)cc1. The molecule has 3 heterocycles. The lowest BCUT2D eigenvalue weighted by molar-refractivity contribution is -0.140. The fourth-order valence-electron chi connectivity index (χ4n) is 3.61. The number of ether oxygens (including phenoxy) is 1. The maximum Gasteiger partial charge on any atom is 0.435 e. The quantitative estimate of drug-likeness (QED) is 0.625. The summed E-state index contributed by atoms with van der Waals surface area (Å²) in [6.45, 7) is 3.26. The van der Waals surface area contributed by atoms with E-state index in [9.17, 15) is 18.0 Å². The Bertz CT molecular complexity index is 1050. The molecule has 0 spiro atoms. The number of rotatable bonds is 4. The monoisotopic (exact) mass is 438 g/mol. The van der Waals surface area contributed by atoms with Crippen molar-refractivity contribution >= 4 is 27.5 Å². The molecule has 0 bridgehead atoms. The Morgan fingerprint density at radius 2 is 1.83 bits per heavy atom. The molecule has 160 valence electrons. The first-order valence-electron chi connectivity index (χ1n) is 9.44. The number of aromatic nitrogens is 2. The lowest BCUT2D eigenvalue weighted by Crippen LogP contribution is -2.48. The van der Waals surface area contributed by atoms with E-state index in [0.717, 1.165) is 29.2 Å². The van der Waals surface area contributed by atoms with Crippen LogP contribution in [0.1, 0.15) is 20.9 Å². The number of nitrogens with zero attached hydrogens (tertiary/aromatic N) is 4. The second-order valence-corrected chi connectivity index (χ2v) is 8.25. The number of amides is 1. The van der Waals surface area contributed by atoms with E-state index in [0.29, 0.717) is 35.9 Å². The molecule has 0 N–H and O–H groups in total. The van der Waals surface area contributed by atoms with Crippen molar-refractivity contribution in [1.82, 2.24) is 19.6 Å². The van der Waals surface area contributed by atoms with Gasteiger partial charge in [0, 0.05) is 45.2 Å². The molecule has 3 aromatic rings. The molecular formula is C20H21F3N4O2S. The summed E-state index contributed by atoms with van der Waals surface area (Å²) in [7, 11) is 3.09. The van der Waals surface area contributed by atoms with Gasteiger partial charge in [-0.1, -0.05) is 12.1 Å².